The minimum Gasteiger partial charge on any atom is -0.481 e. The summed E-state index contributed by atoms with van der Waals surface area (Å²) in [6.45, 7) is 3.23. The van der Waals surface area contributed by atoms with Gasteiger partial charge in [0.05, 0.1) is 5.56 Å². The first-order chi connectivity index (χ1) is 11.0. The van der Waals surface area contributed by atoms with Gasteiger partial charge < -0.3 is 10.0 Å². The number of nitrogens with zero attached hydrogens (tertiary/aromatic N) is 3. The number of nitrogens with one attached hydrogen (secondary N) is 1. The summed E-state index contributed by atoms with van der Waals surface area (Å²) in [5.74, 6) is -0.560. The van der Waals surface area contributed by atoms with Gasteiger partial charge in [-0.1, -0.05) is 0 Å². The van der Waals surface area contributed by atoms with Crippen molar-refractivity contribution in [3.05, 3.63) is 23.5 Å². The fourth-order valence-electron chi connectivity index (χ4n) is 3.13. The van der Waals surface area contributed by atoms with Crippen LogP contribution in [-0.4, -0.2) is 50.2 Å². The van der Waals surface area contributed by atoms with Crippen molar-refractivity contribution in [3.63, 3.8) is 0 Å². The van der Waals surface area contributed by atoms with Crippen molar-refractivity contribution in [2.45, 2.75) is 32.6 Å². The lowest BCUT2D eigenvalue weighted by molar-refractivity contribution is -0.137. The Morgan fingerprint density at radius 2 is 2.30 bits per heavy atom. The van der Waals surface area contributed by atoms with Crippen molar-refractivity contribution >= 4 is 22.9 Å². The van der Waals surface area contributed by atoms with Gasteiger partial charge in [-0.25, -0.2) is 4.98 Å². The van der Waals surface area contributed by atoms with Crippen molar-refractivity contribution in [2.24, 2.45) is 5.92 Å². The molecule has 1 unspecified atom stereocenters. The van der Waals surface area contributed by atoms with Gasteiger partial charge in [0.25, 0.3) is 5.91 Å². The zero-order valence-corrected chi connectivity index (χ0v) is 13.1. The number of aromatic nitrogens is 3. The number of fused-ring (bicyclic) bond motifs is 1. The van der Waals surface area contributed by atoms with Crippen LogP contribution >= 0.6 is 0 Å². The van der Waals surface area contributed by atoms with Gasteiger partial charge in [0.2, 0.25) is 0 Å². The van der Waals surface area contributed by atoms with Gasteiger partial charge in [-0.3, -0.25) is 14.7 Å². The quantitative estimate of drug-likeness (QED) is 0.898. The Morgan fingerprint density at radius 1 is 1.48 bits per heavy atom. The lowest BCUT2D eigenvalue weighted by Gasteiger charge is -2.32. The van der Waals surface area contributed by atoms with Crippen molar-refractivity contribution in [2.75, 3.05) is 13.1 Å². The number of hydrogen-bond acceptors (Lipinski definition) is 4. The van der Waals surface area contributed by atoms with E-state index < -0.39 is 5.97 Å². The third-order valence-electron chi connectivity index (χ3n) is 4.42. The molecule has 3 rings (SSSR count). The monoisotopic (exact) mass is 316 g/mol. The molecule has 1 aliphatic heterocycles. The number of piperidine rings is 1. The maximum atomic E-state index is 12.7. The second kappa shape index (κ2) is 6.36. The van der Waals surface area contributed by atoms with Gasteiger partial charge in [-0.2, -0.15) is 5.10 Å². The normalized spacial score (nSPS) is 18.3. The van der Waals surface area contributed by atoms with Gasteiger partial charge in [-0.05, 0) is 38.2 Å². The molecule has 7 nitrogen and oxygen atoms in total. The maximum absolute atomic E-state index is 12.7. The van der Waals surface area contributed by atoms with Crippen LogP contribution in [0.15, 0.2) is 12.3 Å². The highest BCUT2D eigenvalue weighted by Gasteiger charge is 2.25. The number of hydrogen-bond donors (Lipinski definition) is 2. The molecule has 0 saturated carbocycles. The van der Waals surface area contributed by atoms with Gasteiger partial charge in [0.15, 0.2) is 5.65 Å². The maximum Gasteiger partial charge on any atom is 0.303 e. The zero-order chi connectivity index (χ0) is 16.4. The third kappa shape index (κ3) is 3.33. The Labute approximate surface area is 133 Å². The number of aromatic amines is 1. The number of aliphatic carboxylic acids is 1. The number of amides is 1. The lowest BCUT2D eigenvalue weighted by Crippen LogP contribution is -2.40. The number of carbonyl (C=O) groups excluding carboxylic acids is 1. The molecule has 23 heavy (non-hydrogen) atoms. The molecule has 1 fully saturated rings. The summed E-state index contributed by atoms with van der Waals surface area (Å²) in [4.78, 5) is 29.5. The van der Waals surface area contributed by atoms with Crippen LogP contribution < -0.4 is 0 Å². The molecule has 7 heteroatoms. The number of likely N-dealkylation sites (tertiary alicyclic amines) is 1. The molecule has 0 aliphatic carbocycles. The van der Waals surface area contributed by atoms with Crippen LogP contribution in [0.4, 0.5) is 0 Å². The van der Waals surface area contributed by atoms with Crippen LogP contribution in [0.2, 0.25) is 0 Å². The highest BCUT2D eigenvalue weighted by atomic mass is 16.4. The molecule has 1 amide bonds. The largest absolute Gasteiger partial charge is 0.481 e. The van der Waals surface area contributed by atoms with E-state index in [1.807, 2.05) is 17.9 Å². The molecule has 0 aromatic carbocycles. The van der Waals surface area contributed by atoms with Crippen LogP contribution in [0, 0.1) is 12.8 Å². The predicted octanol–water partition coefficient (Wildman–Crippen LogP) is 1.98. The molecule has 1 saturated heterocycles. The fourth-order valence-corrected chi connectivity index (χ4v) is 3.13. The van der Waals surface area contributed by atoms with Gasteiger partial charge in [-0.15, -0.1) is 0 Å². The Kier molecular flexibility index (Phi) is 4.27. The van der Waals surface area contributed by atoms with Crippen molar-refractivity contribution in [3.8, 4) is 0 Å². The first-order valence-corrected chi connectivity index (χ1v) is 7.86. The van der Waals surface area contributed by atoms with Crippen LogP contribution in [-0.2, 0) is 4.79 Å². The summed E-state index contributed by atoms with van der Waals surface area (Å²) in [6.07, 6.45) is 4.24. The molecule has 2 aromatic rings. The molecular weight excluding hydrogens is 296 g/mol. The minimum atomic E-state index is -0.779. The number of carboxylic acid groups (broad SMARTS) is 1. The molecule has 0 spiro atoms. The second-order valence-corrected chi connectivity index (χ2v) is 6.14. The Balaban J connectivity index is 1.72. The second-order valence-electron chi connectivity index (χ2n) is 6.14. The molecule has 3 heterocycles. The molecule has 0 radical (unpaired) electrons. The number of carbonyl (C=O) groups is 2. The number of pyridine rings is 1. The summed E-state index contributed by atoms with van der Waals surface area (Å²) in [5.41, 5.74) is 2.05. The fraction of sp³-hybridized carbons (Fsp3) is 0.500. The summed E-state index contributed by atoms with van der Waals surface area (Å²) in [5, 5.41) is 16.6. The van der Waals surface area contributed by atoms with E-state index in [0.717, 1.165) is 23.9 Å². The van der Waals surface area contributed by atoms with E-state index in [4.69, 9.17) is 5.11 Å². The average Bonchev–Trinajstić information content (AvgIpc) is 2.93. The number of rotatable bonds is 4. The zero-order valence-electron chi connectivity index (χ0n) is 13.1. The van der Waals surface area contributed by atoms with Gasteiger partial charge >= 0.3 is 5.97 Å². The SMILES string of the molecule is Cc1[nH]nc2ncc(C(=O)N3CCCC(CCC(=O)O)C3)cc12. The topological polar surface area (TPSA) is 99.2 Å². The number of H-pyrrole nitrogens is 1. The Hall–Kier alpha value is -2.44. The standard InChI is InChI=1S/C16H20N4O3/c1-10-13-7-12(8-17-15(13)19-18-10)16(23)20-6-2-3-11(9-20)4-5-14(21)22/h7-8,11H,2-6,9H2,1H3,(H,21,22)(H,17,18,19). The molecule has 0 bridgehead atoms. The van der Waals surface area contributed by atoms with E-state index in [9.17, 15) is 9.59 Å². The summed E-state index contributed by atoms with van der Waals surface area (Å²) >= 11 is 0. The summed E-state index contributed by atoms with van der Waals surface area (Å²) in [7, 11) is 0. The Morgan fingerprint density at radius 3 is 3.09 bits per heavy atom. The Bertz CT molecular complexity index is 740. The smallest absolute Gasteiger partial charge is 0.303 e. The third-order valence-corrected chi connectivity index (χ3v) is 4.42. The van der Waals surface area contributed by atoms with E-state index in [1.165, 1.54) is 0 Å². The van der Waals surface area contributed by atoms with E-state index in [1.54, 1.807) is 6.20 Å². The highest BCUT2D eigenvalue weighted by molar-refractivity contribution is 5.97. The minimum absolute atomic E-state index is 0.0416. The van der Waals surface area contributed by atoms with Crippen molar-refractivity contribution < 1.29 is 14.7 Å². The van der Waals surface area contributed by atoms with Crippen LogP contribution in [0.3, 0.4) is 0 Å². The van der Waals surface area contributed by atoms with E-state index in [-0.39, 0.29) is 18.2 Å². The molecule has 1 atom stereocenters. The highest BCUT2D eigenvalue weighted by Crippen LogP contribution is 2.23. The number of aryl methyl sites for hydroxylation is 1. The molecule has 122 valence electrons. The van der Waals surface area contributed by atoms with E-state index >= 15 is 0 Å². The van der Waals surface area contributed by atoms with E-state index in [0.29, 0.717) is 30.7 Å². The lowest BCUT2D eigenvalue weighted by atomic mass is 9.93. The summed E-state index contributed by atoms with van der Waals surface area (Å²) < 4.78 is 0. The van der Waals surface area contributed by atoms with Crippen LogP contribution in [0.1, 0.15) is 41.7 Å². The summed E-state index contributed by atoms with van der Waals surface area (Å²) in [6, 6.07) is 1.82. The van der Waals surface area contributed by atoms with Gasteiger partial charge in [0, 0.05) is 36.8 Å². The van der Waals surface area contributed by atoms with Crippen LogP contribution in [0.25, 0.3) is 11.0 Å². The van der Waals surface area contributed by atoms with Crippen molar-refractivity contribution in [1.29, 1.82) is 0 Å². The first kappa shape index (κ1) is 15.5. The molecule has 2 N–H and O–H groups in total. The van der Waals surface area contributed by atoms with E-state index in [2.05, 4.69) is 15.2 Å². The molecular formula is C16H20N4O3. The predicted molar refractivity (Wildman–Crippen MR) is 84.1 cm³/mol. The van der Waals surface area contributed by atoms with Crippen molar-refractivity contribution in [1.82, 2.24) is 20.1 Å². The van der Waals surface area contributed by atoms with Gasteiger partial charge in [0.1, 0.15) is 0 Å². The van der Waals surface area contributed by atoms with Crippen LogP contribution in [0.5, 0.6) is 0 Å². The number of carboxylic acids is 1. The first-order valence-electron chi connectivity index (χ1n) is 7.86. The molecule has 1 aliphatic rings. The molecule has 2 aromatic heterocycles. The average molecular weight is 316 g/mol.